The molecule has 0 aliphatic rings. The van der Waals surface area contributed by atoms with E-state index in [4.69, 9.17) is 10.2 Å². The minimum absolute atomic E-state index is 0.0710. The highest BCUT2D eigenvalue weighted by atomic mass is 18.2. The van der Waals surface area contributed by atoms with Gasteiger partial charge in [-0.25, -0.2) is 9.59 Å². The summed E-state index contributed by atoms with van der Waals surface area (Å²) in [6, 6.07) is -0.997. The molecule has 0 radical (unpaired) electrons. The maximum Gasteiger partial charge on any atom is 0.326 e. The SMILES string of the molecule is O=C(O)CC[C@H](NC(=O)NCCCCCNC(=O)c1cnnc([18F])c1)C(=O)O. The number of hydrogen-bond donors (Lipinski definition) is 5. The average molecular weight is 398 g/mol. The Hall–Kier alpha value is -3.31. The van der Waals surface area contributed by atoms with E-state index >= 15 is 0 Å². The van der Waals surface area contributed by atoms with E-state index in [9.17, 15) is 23.6 Å². The molecule has 0 aliphatic heterocycles. The predicted octanol–water partition coefficient (Wildman–Crippen LogP) is 0.133. The molecule has 12 heteroatoms. The summed E-state index contributed by atoms with van der Waals surface area (Å²) in [5.74, 6) is -3.76. The number of aromatic nitrogens is 2. The van der Waals surface area contributed by atoms with Gasteiger partial charge in [0.2, 0.25) is 5.95 Å². The Bertz CT molecular complexity index is 702. The Morgan fingerprint density at radius 1 is 1.07 bits per heavy atom. The van der Waals surface area contributed by atoms with Crippen LogP contribution in [0.4, 0.5) is 9.18 Å². The van der Waals surface area contributed by atoms with Crippen molar-refractivity contribution in [3.8, 4) is 0 Å². The van der Waals surface area contributed by atoms with Crippen molar-refractivity contribution in [2.75, 3.05) is 13.1 Å². The molecular formula is C16H22FN5O6. The van der Waals surface area contributed by atoms with Gasteiger partial charge in [0.15, 0.2) is 0 Å². The van der Waals surface area contributed by atoms with Gasteiger partial charge in [0, 0.05) is 25.6 Å². The zero-order valence-corrected chi connectivity index (χ0v) is 15.0. The molecule has 0 saturated heterocycles. The Morgan fingerprint density at radius 3 is 2.36 bits per heavy atom. The first kappa shape index (κ1) is 22.7. The number of nitrogens with zero attached hydrogens (tertiary/aromatic N) is 2. The second-order valence-corrected chi connectivity index (χ2v) is 5.81. The van der Waals surface area contributed by atoms with Crippen molar-refractivity contribution in [2.45, 2.75) is 38.1 Å². The van der Waals surface area contributed by atoms with Crippen molar-refractivity contribution < 1.29 is 33.8 Å². The number of nitrogens with one attached hydrogen (secondary N) is 3. The molecule has 28 heavy (non-hydrogen) atoms. The number of carboxylic acids is 2. The number of amides is 3. The maximum atomic E-state index is 12.9. The minimum Gasteiger partial charge on any atom is -0.481 e. The number of rotatable bonds is 12. The Labute approximate surface area is 159 Å². The van der Waals surface area contributed by atoms with Crippen molar-refractivity contribution in [3.05, 3.63) is 23.8 Å². The monoisotopic (exact) mass is 398 g/mol. The van der Waals surface area contributed by atoms with Gasteiger partial charge in [0.1, 0.15) is 6.04 Å². The first-order valence-corrected chi connectivity index (χ1v) is 8.55. The van der Waals surface area contributed by atoms with Gasteiger partial charge in [0.25, 0.3) is 5.91 Å². The summed E-state index contributed by atoms with van der Waals surface area (Å²) in [5, 5.41) is 31.3. The normalized spacial score (nSPS) is 11.3. The molecule has 11 nitrogen and oxygen atoms in total. The third-order valence-electron chi connectivity index (χ3n) is 3.56. The van der Waals surface area contributed by atoms with Crippen LogP contribution in [0, 0.1) is 5.95 Å². The van der Waals surface area contributed by atoms with E-state index in [1.54, 1.807) is 0 Å². The van der Waals surface area contributed by atoms with Crippen LogP contribution in [-0.4, -0.2) is 63.4 Å². The third-order valence-corrected chi connectivity index (χ3v) is 3.56. The van der Waals surface area contributed by atoms with Crippen molar-refractivity contribution in [1.29, 1.82) is 0 Å². The van der Waals surface area contributed by atoms with E-state index < -0.39 is 35.9 Å². The highest BCUT2D eigenvalue weighted by Gasteiger charge is 2.20. The average Bonchev–Trinajstić information content (AvgIpc) is 2.63. The molecule has 3 amide bonds. The van der Waals surface area contributed by atoms with E-state index in [1.165, 1.54) is 0 Å². The van der Waals surface area contributed by atoms with Gasteiger partial charge in [-0.1, -0.05) is 0 Å². The quantitative estimate of drug-likeness (QED) is 0.309. The molecule has 0 fully saturated rings. The lowest BCUT2D eigenvalue weighted by Crippen LogP contribution is -2.46. The molecule has 1 rings (SSSR count). The van der Waals surface area contributed by atoms with E-state index in [-0.39, 0.29) is 24.9 Å². The third kappa shape index (κ3) is 9.40. The number of halogens is 1. The van der Waals surface area contributed by atoms with Crippen molar-refractivity contribution in [1.82, 2.24) is 26.1 Å². The molecule has 1 atom stereocenters. The van der Waals surface area contributed by atoms with Gasteiger partial charge in [-0.2, -0.15) is 9.49 Å². The first-order valence-electron chi connectivity index (χ1n) is 8.55. The van der Waals surface area contributed by atoms with Gasteiger partial charge in [-0.3, -0.25) is 9.59 Å². The zero-order valence-electron chi connectivity index (χ0n) is 15.0. The van der Waals surface area contributed by atoms with Crippen molar-refractivity contribution in [2.24, 2.45) is 0 Å². The van der Waals surface area contributed by atoms with Crippen molar-refractivity contribution >= 4 is 23.9 Å². The summed E-state index contributed by atoms with van der Waals surface area (Å²) in [5.41, 5.74) is 0.0710. The Balaban J connectivity index is 2.14. The van der Waals surface area contributed by atoms with Gasteiger partial charge in [-0.15, -0.1) is 5.10 Å². The van der Waals surface area contributed by atoms with Crippen LogP contribution in [0.15, 0.2) is 12.3 Å². The van der Waals surface area contributed by atoms with Gasteiger partial charge < -0.3 is 26.2 Å². The summed E-state index contributed by atoms with van der Waals surface area (Å²) >= 11 is 0. The number of aliphatic carboxylic acids is 2. The summed E-state index contributed by atoms with van der Waals surface area (Å²) in [7, 11) is 0. The lowest BCUT2D eigenvalue weighted by molar-refractivity contribution is -0.140. The van der Waals surface area contributed by atoms with Gasteiger partial charge in [0.05, 0.1) is 11.8 Å². The number of urea groups is 1. The highest BCUT2D eigenvalue weighted by Crippen LogP contribution is 2.00. The summed E-state index contributed by atoms with van der Waals surface area (Å²) in [6.45, 7) is 0.635. The largest absolute Gasteiger partial charge is 0.481 e. The van der Waals surface area contributed by atoms with Gasteiger partial charge in [-0.05, 0) is 25.7 Å². The van der Waals surface area contributed by atoms with Crippen molar-refractivity contribution in [3.63, 3.8) is 0 Å². The molecule has 1 aromatic rings. The van der Waals surface area contributed by atoms with Crippen LogP contribution in [0.25, 0.3) is 0 Å². The topological polar surface area (TPSA) is 171 Å². The molecular weight excluding hydrogens is 376 g/mol. The number of hydrogen-bond acceptors (Lipinski definition) is 6. The molecule has 1 aromatic heterocycles. The molecule has 0 unspecified atom stereocenters. The van der Waals surface area contributed by atoms with Crippen LogP contribution >= 0.6 is 0 Å². The number of unbranched alkanes of at least 4 members (excludes halogenated alkanes) is 2. The fourth-order valence-corrected chi connectivity index (χ4v) is 2.13. The molecule has 154 valence electrons. The fourth-order valence-electron chi connectivity index (χ4n) is 2.13. The van der Waals surface area contributed by atoms with Gasteiger partial charge >= 0.3 is 18.0 Å². The highest BCUT2D eigenvalue weighted by molar-refractivity contribution is 5.93. The van der Waals surface area contributed by atoms with Crippen LogP contribution in [0.3, 0.4) is 0 Å². The number of carbonyl (C=O) groups is 4. The lowest BCUT2D eigenvalue weighted by atomic mass is 10.1. The van der Waals surface area contributed by atoms with Crippen LogP contribution in [0.1, 0.15) is 42.5 Å². The summed E-state index contributed by atoms with van der Waals surface area (Å²) in [4.78, 5) is 44.8. The number of carboxylic acid groups (broad SMARTS) is 2. The van der Waals surface area contributed by atoms with Crippen LogP contribution in [0.5, 0.6) is 0 Å². The van der Waals surface area contributed by atoms with E-state index in [0.29, 0.717) is 25.8 Å². The zero-order chi connectivity index (χ0) is 20.9. The fraction of sp³-hybridized carbons (Fsp3) is 0.500. The summed E-state index contributed by atoms with van der Waals surface area (Å²) in [6.07, 6.45) is 2.44. The van der Waals surface area contributed by atoms with E-state index in [2.05, 4.69) is 26.1 Å². The predicted molar refractivity (Wildman–Crippen MR) is 93.0 cm³/mol. The lowest BCUT2D eigenvalue weighted by Gasteiger charge is -2.14. The summed E-state index contributed by atoms with van der Waals surface area (Å²) < 4.78 is 12.9. The second-order valence-electron chi connectivity index (χ2n) is 5.81. The maximum absolute atomic E-state index is 12.9. The second kappa shape index (κ2) is 12.1. The molecule has 0 aromatic carbocycles. The smallest absolute Gasteiger partial charge is 0.326 e. The number of carbonyl (C=O) groups excluding carboxylic acids is 2. The minimum atomic E-state index is -1.31. The molecule has 0 bridgehead atoms. The molecule has 0 spiro atoms. The Kier molecular flexibility index (Phi) is 9.86. The standard InChI is InChI=1S/C16H22FN5O6/c17-12-8-10(9-20-22-12)14(25)18-6-2-1-3-7-19-16(28)21-11(15(26)27)4-5-13(23)24/h8-9,11H,1-7H2,(H,18,25)(H,23,24)(H,26,27)(H2,19,21,28)/t11-/m0/s1/i17-1. The Morgan fingerprint density at radius 2 is 1.75 bits per heavy atom. The van der Waals surface area contributed by atoms with E-state index in [0.717, 1.165) is 12.3 Å². The molecule has 1 heterocycles. The van der Waals surface area contributed by atoms with Crippen LogP contribution in [-0.2, 0) is 9.59 Å². The van der Waals surface area contributed by atoms with E-state index in [1.807, 2.05) is 0 Å². The molecule has 0 saturated carbocycles. The van der Waals surface area contributed by atoms with Crippen LogP contribution < -0.4 is 16.0 Å². The first-order chi connectivity index (χ1) is 13.3. The molecule has 5 N–H and O–H groups in total. The van der Waals surface area contributed by atoms with Crippen LogP contribution in [0.2, 0.25) is 0 Å². The molecule has 0 aliphatic carbocycles.